The molecule has 0 unspecified atom stereocenters. The molecule has 0 spiro atoms. The predicted molar refractivity (Wildman–Crippen MR) is 97.4 cm³/mol. The molecule has 0 atom stereocenters. The van der Waals surface area contributed by atoms with Crippen molar-refractivity contribution < 1.29 is 4.79 Å². The van der Waals surface area contributed by atoms with Gasteiger partial charge in [-0.1, -0.05) is 15.9 Å². The first kappa shape index (κ1) is 19.2. The number of aromatic nitrogens is 1. The van der Waals surface area contributed by atoms with Gasteiger partial charge in [-0.25, -0.2) is 0 Å². The van der Waals surface area contributed by atoms with E-state index in [-0.39, 0.29) is 30.7 Å². The number of carbonyl (C=O) groups excluding carboxylic acids is 1. The Morgan fingerprint density at radius 2 is 2.09 bits per heavy atom. The Balaban J connectivity index is 0.00000121. The van der Waals surface area contributed by atoms with Crippen molar-refractivity contribution >= 4 is 57.6 Å². The zero-order chi connectivity index (χ0) is 14.1. The normalized spacial score (nSPS) is 13.7. The molecule has 0 bridgehead atoms. The van der Waals surface area contributed by atoms with Gasteiger partial charge in [-0.05, 0) is 31.2 Å². The number of nitrogens with one attached hydrogen (secondary N) is 2. The summed E-state index contributed by atoms with van der Waals surface area (Å²) in [7, 11) is 0. The van der Waals surface area contributed by atoms with E-state index >= 15 is 0 Å². The highest BCUT2D eigenvalue weighted by Gasteiger charge is 2.18. The van der Waals surface area contributed by atoms with E-state index in [4.69, 9.17) is 0 Å². The molecule has 1 aliphatic rings. The maximum absolute atomic E-state index is 12.4. The number of halogens is 3. The standard InChI is InChI=1S/C15H16BrN3O.2ClH/c1-9-4-13(15(20)18-8-10-6-17-7-10)12-5-11(16)2-3-14(12)19-9;;/h2-5,10,17H,6-8H2,1H3,(H,18,20);2*1H. The molecule has 1 saturated heterocycles. The monoisotopic (exact) mass is 405 g/mol. The van der Waals surface area contributed by atoms with E-state index in [9.17, 15) is 4.79 Å². The van der Waals surface area contributed by atoms with Crippen molar-refractivity contribution in [3.8, 4) is 0 Å². The Labute approximate surface area is 150 Å². The molecule has 2 heterocycles. The van der Waals surface area contributed by atoms with Crippen LogP contribution in [0.1, 0.15) is 16.1 Å². The third-order valence-corrected chi connectivity index (χ3v) is 4.05. The predicted octanol–water partition coefficient (Wildman–Crippen LogP) is 3.10. The molecule has 1 aromatic carbocycles. The van der Waals surface area contributed by atoms with Gasteiger partial charge in [0.15, 0.2) is 0 Å². The van der Waals surface area contributed by atoms with Gasteiger partial charge in [0.2, 0.25) is 0 Å². The second-order valence-corrected chi connectivity index (χ2v) is 6.12. The summed E-state index contributed by atoms with van der Waals surface area (Å²) >= 11 is 3.45. The van der Waals surface area contributed by atoms with E-state index in [0.717, 1.165) is 40.7 Å². The third-order valence-electron chi connectivity index (χ3n) is 3.56. The zero-order valence-electron chi connectivity index (χ0n) is 12.1. The zero-order valence-corrected chi connectivity index (χ0v) is 15.3. The van der Waals surface area contributed by atoms with Crippen molar-refractivity contribution in [3.05, 3.63) is 40.0 Å². The Morgan fingerprint density at radius 3 is 2.73 bits per heavy atom. The largest absolute Gasteiger partial charge is 0.352 e. The number of aryl methyl sites for hydroxylation is 1. The van der Waals surface area contributed by atoms with E-state index < -0.39 is 0 Å². The Morgan fingerprint density at radius 1 is 1.36 bits per heavy atom. The maximum Gasteiger partial charge on any atom is 0.252 e. The number of hydrogen-bond donors (Lipinski definition) is 2. The maximum atomic E-state index is 12.4. The van der Waals surface area contributed by atoms with Crippen molar-refractivity contribution in [1.29, 1.82) is 0 Å². The van der Waals surface area contributed by atoms with Crippen LogP contribution in [-0.2, 0) is 0 Å². The number of fused-ring (bicyclic) bond motifs is 1. The molecule has 0 radical (unpaired) electrons. The van der Waals surface area contributed by atoms with Gasteiger partial charge in [-0.3, -0.25) is 9.78 Å². The van der Waals surface area contributed by atoms with Crippen LogP contribution in [0.5, 0.6) is 0 Å². The molecule has 2 aromatic rings. The molecule has 3 rings (SSSR count). The number of nitrogens with zero attached hydrogens (tertiary/aromatic N) is 1. The van der Waals surface area contributed by atoms with Gasteiger partial charge in [0.1, 0.15) is 0 Å². The van der Waals surface area contributed by atoms with E-state index in [1.165, 1.54) is 0 Å². The second kappa shape index (κ2) is 8.11. The summed E-state index contributed by atoms with van der Waals surface area (Å²) < 4.78 is 0.952. The minimum absolute atomic E-state index is 0. The molecular weight excluding hydrogens is 389 g/mol. The summed E-state index contributed by atoms with van der Waals surface area (Å²) in [6, 6.07) is 7.67. The molecule has 1 aromatic heterocycles. The van der Waals surface area contributed by atoms with Gasteiger partial charge in [0.25, 0.3) is 5.91 Å². The highest BCUT2D eigenvalue weighted by atomic mass is 79.9. The lowest BCUT2D eigenvalue weighted by molar-refractivity contribution is 0.0943. The molecular formula is C15H18BrCl2N3O. The Kier molecular flexibility index (Phi) is 7.06. The highest BCUT2D eigenvalue weighted by molar-refractivity contribution is 9.10. The lowest BCUT2D eigenvalue weighted by Gasteiger charge is -2.27. The van der Waals surface area contributed by atoms with Crippen LogP contribution in [-0.4, -0.2) is 30.5 Å². The third kappa shape index (κ3) is 4.10. The minimum Gasteiger partial charge on any atom is -0.352 e. The summed E-state index contributed by atoms with van der Waals surface area (Å²) in [4.78, 5) is 16.9. The molecule has 2 N–H and O–H groups in total. The molecule has 1 fully saturated rings. The number of hydrogen-bond acceptors (Lipinski definition) is 3. The number of amides is 1. The van der Waals surface area contributed by atoms with Crippen molar-refractivity contribution in [2.45, 2.75) is 6.92 Å². The van der Waals surface area contributed by atoms with E-state index in [0.29, 0.717) is 11.5 Å². The van der Waals surface area contributed by atoms with Gasteiger partial charge < -0.3 is 10.6 Å². The van der Waals surface area contributed by atoms with Crippen molar-refractivity contribution in [3.63, 3.8) is 0 Å². The fraction of sp³-hybridized carbons (Fsp3) is 0.333. The Bertz CT molecular complexity index is 677. The van der Waals surface area contributed by atoms with Gasteiger partial charge in [0, 0.05) is 41.1 Å². The molecule has 7 heteroatoms. The van der Waals surface area contributed by atoms with E-state index in [2.05, 4.69) is 31.5 Å². The quantitative estimate of drug-likeness (QED) is 0.823. The van der Waals surface area contributed by atoms with E-state index in [1.54, 1.807) is 0 Å². The fourth-order valence-electron chi connectivity index (χ4n) is 2.34. The summed E-state index contributed by atoms with van der Waals surface area (Å²) in [6.07, 6.45) is 0. The van der Waals surface area contributed by atoms with Crippen LogP contribution in [0.4, 0.5) is 0 Å². The second-order valence-electron chi connectivity index (χ2n) is 5.21. The topological polar surface area (TPSA) is 54.0 Å². The molecule has 1 aliphatic heterocycles. The fourth-order valence-corrected chi connectivity index (χ4v) is 2.70. The molecule has 120 valence electrons. The molecule has 0 saturated carbocycles. The molecule has 1 amide bonds. The number of benzene rings is 1. The molecule has 4 nitrogen and oxygen atoms in total. The first-order chi connectivity index (χ1) is 9.63. The average Bonchev–Trinajstić information content (AvgIpc) is 2.36. The van der Waals surface area contributed by atoms with Gasteiger partial charge in [-0.15, -0.1) is 24.8 Å². The number of carbonyl (C=O) groups is 1. The SMILES string of the molecule is Cc1cc(C(=O)NCC2CNC2)c2cc(Br)ccc2n1.Cl.Cl. The first-order valence-electron chi connectivity index (χ1n) is 6.69. The average molecular weight is 407 g/mol. The Hall–Kier alpha value is -0.880. The van der Waals surface area contributed by atoms with Crippen LogP contribution in [0.25, 0.3) is 10.9 Å². The van der Waals surface area contributed by atoms with E-state index in [1.807, 2.05) is 31.2 Å². The highest BCUT2D eigenvalue weighted by Crippen LogP contribution is 2.22. The lowest BCUT2D eigenvalue weighted by Crippen LogP contribution is -2.48. The van der Waals surface area contributed by atoms with Crippen LogP contribution < -0.4 is 10.6 Å². The van der Waals surface area contributed by atoms with Crippen LogP contribution in [0.15, 0.2) is 28.7 Å². The smallest absolute Gasteiger partial charge is 0.252 e. The number of pyridine rings is 1. The minimum atomic E-state index is -0.0227. The summed E-state index contributed by atoms with van der Waals surface area (Å²) in [5.74, 6) is 0.533. The lowest BCUT2D eigenvalue weighted by atomic mass is 10.0. The molecule has 22 heavy (non-hydrogen) atoms. The first-order valence-corrected chi connectivity index (χ1v) is 7.48. The summed E-state index contributed by atoms with van der Waals surface area (Å²) in [5.41, 5.74) is 2.40. The van der Waals surface area contributed by atoms with Crippen molar-refractivity contribution in [1.82, 2.24) is 15.6 Å². The van der Waals surface area contributed by atoms with Crippen LogP contribution >= 0.6 is 40.7 Å². The molecule has 0 aliphatic carbocycles. The summed E-state index contributed by atoms with van der Waals surface area (Å²) in [5, 5.41) is 7.10. The van der Waals surface area contributed by atoms with Gasteiger partial charge >= 0.3 is 0 Å². The number of rotatable bonds is 3. The van der Waals surface area contributed by atoms with Gasteiger partial charge in [-0.2, -0.15) is 0 Å². The van der Waals surface area contributed by atoms with Gasteiger partial charge in [0.05, 0.1) is 11.1 Å². The van der Waals surface area contributed by atoms with Crippen molar-refractivity contribution in [2.75, 3.05) is 19.6 Å². The van der Waals surface area contributed by atoms with Crippen LogP contribution in [0.2, 0.25) is 0 Å². The van der Waals surface area contributed by atoms with Crippen LogP contribution in [0.3, 0.4) is 0 Å². The summed E-state index contributed by atoms with van der Waals surface area (Å²) in [6.45, 7) is 4.61. The van der Waals surface area contributed by atoms with Crippen molar-refractivity contribution in [2.24, 2.45) is 5.92 Å². The van der Waals surface area contributed by atoms with Crippen LogP contribution in [0, 0.1) is 12.8 Å².